The Morgan fingerprint density at radius 2 is 2.19 bits per heavy atom. The monoisotopic (exact) mass is 286 g/mol. The molecule has 5 heteroatoms. The minimum absolute atomic E-state index is 0.327. The van der Waals surface area contributed by atoms with Crippen LogP contribution in [0.2, 0.25) is 0 Å². The second kappa shape index (κ2) is 5.85. The molecule has 1 saturated carbocycles. The highest BCUT2D eigenvalue weighted by molar-refractivity contribution is 5.28. The van der Waals surface area contributed by atoms with Crippen LogP contribution in [0.3, 0.4) is 0 Å². The van der Waals surface area contributed by atoms with E-state index in [4.69, 9.17) is 4.74 Å². The molecule has 2 aromatic heterocycles. The Morgan fingerprint density at radius 1 is 1.38 bits per heavy atom. The lowest BCUT2D eigenvalue weighted by Gasteiger charge is -2.08. The molecule has 0 atom stereocenters. The quantitative estimate of drug-likeness (QED) is 0.886. The molecule has 0 unspecified atom stereocenters. The number of hydrogen-bond acceptors (Lipinski definition) is 4. The van der Waals surface area contributed by atoms with E-state index in [1.54, 1.807) is 6.20 Å². The van der Waals surface area contributed by atoms with Crippen molar-refractivity contribution in [1.29, 1.82) is 0 Å². The number of nitrogens with zero attached hydrogens (tertiary/aromatic N) is 3. The average molecular weight is 286 g/mol. The molecule has 1 N–H and O–H groups in total. The minimum atomic E-state index is 0.327. The maximum absolute atomic E-state index is 5.77. The number of ether oxygens (including phenoxy) is 1. The zero-order valence-electron chi connectivity index (χ0n) is 12.8. The molecule has 0 aliphatic heterocycles. The Kier molecular flexibility index (Phi) is 3.92. The summed E-state index contributed by atoms with van der Waals surface area (Å²) in [7, 11) is 0. The van der Waals surface area contributed by atoms with E-state index >= 15 is 0 Å². The van der Waals surface area contributed by atoms with Crippen LogP contribution in [0, 0.1) is 6.92 Å². The summed E-state index contributed by atoms with van der Waals surface area (Å²) in [5.41, 5.74) is 2.24. The predicted octanol–water partition coefficient (Wildman–Crippen LogP) is 3.21. The standard InChI is InChI=1S/C16H22N4O/c1-11(2)20-10-15(9-18-20)21-16-7-4-13(12(3)19-16)8-17-14-5-6-14/h4,7,9-11,14,17H,5-6,8H2,1-3H3. The summed E-state index contributed by atoms with van der Waals surface area (Å²) in [5, 5.41) is 7.77. The van der Waals surface area contributed by atoms with Crippen LogP contribution in [0.1, 0.15) is 44.0 Å². The van der Waals surface area contributed by atoms with Crippen molar-refractivity contribution in [2.45, 2.75) is 52.2 Å². The summed E-state index contributed by atoms with van der Waals surface area (Å²) in [5.74, 6) is 1.34. The normalized spacial score (nSPS) is 14.7. The van der Waals surface area contributed by atoms with E-state index in [-0.39, 0.29) is 0 Å². The van der Waals surface area contributed by atoms with Gasteiger partial charge in [-0.3, -0.25) is 4.68 Å². The Labute approximate surface area is 125 Å². The van der Waals surface area contributed by atoms with Crippen LogP contribution in [-0.4, -0.2) is 20.8 Å². The molecule has 2 aromatic rings. The fourth-order valence-corrected chi connectivity index (χ4v) is 2.13. The van der Waals surface area contributed by atoms with Gasteiger partial charge in [0.05, 0.1) is 12.4 Å². The van der Waals surface area contributed by atoms with Gasteiger partial charge in [-0.15, -0.1) is 0 Å². The average Bonchev–Trinajstić information content (AvgIpc) is 3.15. The van der Waals surface area contributed by atoms with Crippen molar-refractivity contribution in [3.63, 3.8) is 0 Å². The van der Waals surface area contributed by atoms with E-state index in [9.17, 15) is 0 Å². The second-order valence-electron chi connectivity index (χ2n) is 5.90. The molecule has 0 spiro atoms. The van der Waals surface area contributed by atoms with Gasteiger partial charge >= 0.3 is 0 Å². The molecule has 0 saturated heterocycles. The SMILES string of the molecule is Cc1nc(Oc2cnn(C(C)C)c2)ccc1CNC1CC1. The lowest BCUT2D eigenvalue weighted by Crippen LogP contribution is -2.16. The third kappa shape index (κ3) is 3.61. The zero-order valence-corrected chi connectivity index (χ0v) is 12.8. The first kappa shape index (κ1) is 14.1. The van der Waals surface area contributed by atoms with E-state index in [1.807, 2.05) is 23.9 Å². The van der Waals surface area contributed by atoms with Crippen LogP contribution in [0.4, 0.5) is 0 Å². The van der Waals surface area contributed by atoms with E-state index in [0.717, 1.165) is 18.0 Å². The molecule has 0 bridgehead atoms. The Bertz CT molecular complexity index is 616. The van der Waals surface area contributed by atoms with Crippen LogP contribution in [0.25, 0.3) is 0 Å². The van der Waals surface area contributed by atoms with Gasteiger partial charge in [0.15, 0.2) is 5.75 Å². The molecule has 21 heavy (non-hydrogen) atoms. The molecule has 0 aromatic carbocycles. The van der Waals surface area contributed by atoms with Gasteiger partial charge in [0.25, 0.3) is 0 Å². The van der Waals surface area contributed by atoms with E-state index in [2.05, 4.69) is 35.3 Å². The van der Waals surface area contributed by atoms with Gasteiger partial charge in [-0.05, 0) is 39.2 Å². The van der Waals surface area contributed by atoms with E-state index < -0.39 is 0 Å². The minimum Gasteiger partial charge on any atom is -0.436 e. The third-order valence-electron chi connectivity index (χ3n) is 3.66. The van der Waals surface area contributed by atoms with Gasteiger partial charge in [0, 0.05) is 30.4 Å². The van der Waals surface area contributed by atoms with Crippen molar-refractivity contribution < 1.29 is 4.74 Å². The molecule has 1 fully saturated rings. The molecule has 1 aliphatic rings. The van der Waals surface area contributed by atoms with Crippen molar-refractivity contribution in [3.05, 3.63) is 35.8 Å². The number of nitrogens with one attached hydrogen (secondary N) is 1. The first-order valence-electron chi connectivity index (χ1n) is 7.54. The van der Waals surface area contributed by atoms with Gasteiger partial charge in [0.1, 0.15) is 0 Å². The van der Waals surface area contributed by atoms with Gasteiger partial charge in [-0.2, -0.15) is 5.10 Å². The Balaban J connectivity index is 1.65. The fraction of sp³-hybridized carbons (Fsp3) is 0.500. The molecule has 3 rings (SSSR count). The van der Waals surface area contributed by atoms with Crippen molar-refractivity contribution in [2.24, 2.45) is 0 Å². The third-order valence-corrected chi connectivity index (χ3v) is 3.66. The summed E-state index contributed by atoms with van der Waals surface area (Å²) in [6, 6.07) is 5.04. The second-order valence-corrected chi connectivity index (χ2v) is 5.90. The number of pyridine rings is 1. The maximum Gasteiger partial charge on any atom is 0.219 e. The molecule has 2 heterocycles. The molecular formula is C16H22N4O. The molecular weight excluding hydrogens is 264 g/mol. The summed E-state index contributed by atoms with van der Waals surface area (Å²) in [6.45, 7) is 7.07. The first-order valence-corrected chi connectivity index (χ1v) is 7.54. The highest BCUT2D eigenvalue weighted by Crippen LogP contribution is 2.23. The molecule has 1 aliphatic carbocycles. The Hall–Kier alpha value is -1.88. The topological polar surface area (TPSA) is 52.0 Å². The lowest BCUT2D eigenvalue weighted by molar-refractivity contribution is 0.457. The largest absolute Gasteiger partial charge is 0.436 e. The Morgan fingerprint density at radius 3 is 2.81 bits per heavy atom. The number of aromatic nitrogens is 3. The molecule has 112 valence electrons. The molecule has 0 amide bonds. The van der Waals surface area contributed by atoms with Gasteiger partial charge in [-0.25, -0.2) is 4.98 Å². The van der Waals surface area contributed by atoms with Crippen molar-refractivity contribution in [2.75, 3.05) is 0 Å². The highest BCUT2D eigenvalue weighted by atomic mass is 16.5. The fourth-order valence-electron chi connectivity index (χ4n) is 2.13. The van der Waals surface area contributed by atoms with Crippen molar-refractivity contribution >= 4 is 0 Å². The van der Waals surface area contributed by atoms with Gasteiger partial charge in [-0.1, -0.05) is 6.07 Å². The summed E-state index contributed by atoms with van der Waals surface area (Å²) >= 11 is 0. The van der Waals surface area contributed by atoms with Crippen molar-refractivity contribution in [3.8, 4) is 11.6 Å². The maximum atomic E-state index is 5.77. The van der Waals surface area contributed by atoms with E-state index in [0.29, 0.717) is 18.0 Å². The van der Waals surface area contributed by atoms with Crippen LogP contribution < -0.4 is 10.1 Å². The molecule has 5 nitrogen and oxygen atoms in total. The smallest absolute Gasteiger partial charge is 0.219 e. The number of rotatable bonds is 6. The summed E-state index contributed by atoms with van der Waals surface area (Å²) in [6.07, 6.45) is 6.21. The van der Waals surface area contributed by atoms with Crippen LogP contribution in [0.15, 0.2) is 24.5 Å². The molecule has 0 radical (unpaired) electrons. The van der Waals surface area contributed by atoms with E-state index in [1.165, 1.54) is 18.4 Å². The van der Waals surface area contributed by atoms with Crippen molar-refractivity contribution in [1.82, 2.24) is 20.1 Å². The predicted molar refractivity (Wildman–Crippen MR) is 81.5 cm³/mol. The highest BCUT2D eigenvalue weighted by Gasteiger charge is 2.20. The van der Waals surface area contributed by atoms with Crippen LogP contribution in [0.5, 0.6) is 11.6 Å². The van der Waals surface area contributed by atoms with Crippen LogP contribution >= 0.6 is 0 Å². The zero-order chi connectivity index (χ0) is 14.8. The summed E-state index contributed by atoms with van der Waals surface area (Å²) in [4.78, 5) is 4.52. The first-order chi connectivity index (χ1) is 10.1. The van der Waals surface area contributed by atoms with Gasteiger partial charge < -0.3 is 10.1 Å². The lowest BCUT2D eigenvalue weighted by atomic mass is 10.2. The van der Waals surface area contributed by atoms with Crippen LogP contribution in [-0.2, 0) is 6.54 Å². The van der Waals surface area contributed by atoms with Gasteiger partial charge in [0.2, 0.25) is 5.88 Å². The summed E-state index contributed by atoms with van der Waals surface area (Å²) < 4.78 is 7.64. The number of hydrogen-bond donors (Lipinski definition) is 1. The number of aryl methyl sites for hydroxylation is 1.